The summed E-state index contributed by atoms with van der Waals surface area (Å²) in [5.41, 5.74) is 1.89. The number of hydrogen-bond acceptors (Lipinski definition) is 4. The van der Waals surface area contributed by atoms with E-state index in [-0.39, 0.29) is 10.7 Å². The lowest BCUT2D eigenvalue weighted by molar-refractivity contribution is -0.123. The van der Waals surface area contributed by atoms with Gasteiger partial charge in [-0.3, -0.25) is 4.79 Å². The fourth-order valence-electron chi connectivity index (χ4n) is 2.70. The van der Waals surface area contributed by atoms with Gasteiger partial charge in [0.2, 0.25) is 0 Å². The molecule has 8 heteroatoms. The van der Waals surface area contributed by atoms with Crippen LogP contribution in [0.25, 0.3) is 0 Å². The molecule has 1 heterocycles. The summed E-state index contributed by atoms with van der Waals surface area (Å²) in [6, 6.07) is 14.8. The molecule has 3 rings (SSSR count). The topological polar surface area (TPSA) is 73.2 Å². The molecule has 0 aliphatic rings. The fraction of sp³-hybridized carbons (Fsp3) is 0.190. The number of nitrogens with one attached hydrogen (secondary N) is 1. The molecular formula is C21H19ClFN3O3. The maximum atomic E-state index is 13.0. The van der Waals surface area contributed by atoms with Gasteiger partial charge in [-0.05, 0) is 43.7 Å². The van der Waals surface area contributed by atoms with Crippen molar-refractivity contribution in [2.75, 3.05) is 5.32 Å². The van der Waals surface area contributed by atoms with E-state index in [0.717, 1.165) is 5.56 Å². The third-order valence-corrected chi connectivity index (χ3v) is 4.59. The zero-order chi connectivity index (χ0) is 21.0. The molecule has 1 amide bonds. The summed E-state index contributed by atoms with van der Waals surface area (Å²) >= 11 is 6.35. The van der Waals surface area contributed by atoms with Crippen LogP contribution >= 0.6 is 11.6 Å². The first-order chi connectivity index (χ1) is 13.8. The van der Waals surface area contributed by atoms with E-state index in [1.54, 1.807) is 6.92 Å². The minimum Gasteiger partial charge on any atom is -0.449 e. The molecule has 0 radical (unpaired) electrons. The Labute approximate surface area is 172 Å². The van der Waals surface area contributed by atoms with Crippen molar-refractivity contribution >= 4 is 29.2 Å². The van der Waals surface area contributed by atoms with E-state index in [4.69, 9.17) is 16.3 Å². The van der Waals surface area contributed by atoms with Gasteiger partial charge < -0.3 is 10.1 Å². The van der Waals surface area contributed by atoms with E-state index in [0.29, 0.717) is 17.9 Å². The van der Waals surface area contributed by atoms with Gasteiger partial charge in [-0.2, -0.15) is 5.10 Å². The number of aryl methyl sites for hydroxylation is 1. The normalized spacial score (nSPS) is 11.7. The van der Waals surface area contributed by atoms with Crippen molar-refractivity contribution in [1.82, 2.24) is 9.78 Å². The summed E-state index contributed by atoms with van der Waals surface area (Å²) in [6.07, 6.45) is -1.08. The highest BCUT2D eigenvalue weighted by molar-refractivity contribution is 6.32. The second-order valence-electron chi connectivity index (χ2n) is 6.44. The number of carbonyl (C=O) groups is 2. The Bertz CT molecular complexity index is 1020. The molecular weight excluding hydrogens is 397 g/mol. The Morgan fingerprint density at radius 3 is 2.48 bits per heavy atom. The van der Waals surface area contributed by atoms with Crippen molar-refractivity contribution < 1.29 is 18.7 Å². The molecule has 150 valence electrons. The molecule has 1 N–H and O–H groups in total. The predicted molar refractivity (Wildman–Crippen MR) is 107 cm³/mol. The van der Waals surface area contributed by atoms with Gasteiger partial charge in [0, 0.05) is 5.69 Å². The highest BCUT2D eigenvalue weighted by Gasteiger charge is 2.25. The van der Waals surface area contributed by atoms with Gasteiger partial charge >= 0.3 is 5.97 Å². The number of amides is 1. The SMILES string of the molecule is Cc1nn(Cc2ccccc2)c(Cl)c1C(=O)O[C@@H](C)C(=O)Nc1ccc(F)cc1. The number of esters is 1. The molecule has 0 spiro atoms. The van der Waals surface area contributed by atoms with Crippen LogP contribution in [0.15, 0.2) is 54.6 Å². The van der Waals surface area contributed by atoms with Gasteiger partial charge in [0.25, 0.3) is 5.91 Å². The number of hydrogen-bond donors (Lipinski definition) is 1. The summed E-state index contributed by atoms with van der Waals surface area (Å²) in [6.45, 7) is 3.48. The second kappa shape index (κ2) is 8.87. The Kier molecular flexibility index (Phi) is 6.29. The van der Waals surface area contributed by atoms with Crippen LogP contribution in [0.5, 0.6) is 0 Å². The maximum Gasteiger partial charge on any atom is 0.343 e. The lowest BCUT2D eigenvalue weighted by atomic mass is 10.2. The van der Waals surface area contributed by atoms with Gasteiger partial charge in [0.1, 0.15) is 16.5 Å². The number of rotatable bonds is 6. The standard InChI is InChI=1S/C21H19ClFN3O3/c1-13-18(19(22)26(25-13)12-15-6-4-3-5-7-15)21(28)29-14(2)20(27)24-17-10-8-16(23)9-11-17/h3-11,14H,12H2,1-2H3,(H,24,27)/t14-/m0/s1. The number of aromatic nitrogens is 2. The first kappa shape index (κ1) is 20.5. The zero-order valence-corrected chi connectivity index (χ0v) is 16.6. The number of nitrogens with zero attached hydrogens (tertiary/aromatic N) is 2. The number of ether oxygens (including phenoxy) is 1. The average Bonchev–Trinajstić information content (AvgIpc) is 2.97. The largest absolute Gasteiger partial charge is 0.449 e. The highest BCUT2D eigenvalue weighted by Crippen LogP contribution is 2.22. The molecule has 0 saturated carbocycles. The van der Waals surface area contributed by atoms with Crippen LogP contribution in [0, 0.1) is 12.7 Å². The van der Waals surface area contributed by atoms with Crippen molar-refractivity contribution in [3.8, 4) is 0 Å². The Morgan fingerprint density at radius 2 is 1.83 bits per heavy atom. The van der Waals surface area contributed by atoms with Crippen LogP contribution in [-0.2, 0) is 16.1 Å². The molecule has 0 aliphatic carbocycles. The summed E-state index contributed by atoms with van der Waals surface area (Å²) in [5, 5.41) is 7.00. The van der Waals surface area contributed by atoms with Crippen LogP contribution < -0.4 is 5.32 Å². The van der Waals surface area contributed by atoms with E-state index < -0.39 is 23.8 Å². The first-order valence-corrected chi connectivity index (χ1v) is 9.27. The van der Waals surface area contributed by atoms with Crippen LogP contribution in [0.3, 0.4) is 0 Å². The van der Waals surface area contributed by atoms with E-state index >= 15 is 0 Å². The summed E-state index contributed by atoms with van der Waals surface area (Å²) in [5.74, 6) is -1.70. The summed E-state index contributed by atoms with van der Waals surface area (Å²) in [4.78, 5) is 24.8. The molecule has 3 aromatic rings. The minimum absolute atomic E-state index is 0.115. The Hall–Kier alpha value is -3.19. The Balaban J connectivity index is 1.68. The van der Waals surface area contributed by atoms with Crippen molar-refractivity contribution in [2.45, 2.75) is 26.5 Å². The van der Waals surface area contributed by atoms with Crippen molar-refractivity contribution in [2.24, 2.45) is 0 Å². The first-order valence-electron chi connectivity index (χ1n) is 8.89. The van der Waals surface area contributed by atoms with Gasteiger partial charge in [0.05, 0.1) is 12.2 Å². The fourth-order valence-corrected chi connectivity index (χ4v) is 3.01. The van der Waals surface area contributed by atoms with Crippen molar-refractivity contribution in [3.63, 3.8) is 0 Å². The summed E-state index contributed by atoms with van der Waals surface area (Å²) in [7, 11) is 0. The molecule has 0 fully saturated rings. The quantitative estimate of drug-likeness (QED) is 0.612. The van der Waals surface area contributed by atoms with Crippen LogP contribution in [0.4, 0.5) is 10.1 Å². The lowest BCUT2D eigenvalue weighted by Crippen LogP contribution is -2.30. The molecule has 1 atom stereocenters. The number of benzene rings is 2. The molecule has 0 saturated heterocycles. The van der Waals surface area contributed by atoms with Crippen LogP contribution in [0.2, 0.25) is 5.15 Å². The highest BCUT2D eigenvalue weighted by atomic mass is 35.5. The van der Waals surface area contributed by atoms with Crippen molar-refractivity contribution in [1.29, 1.82) is 0 Å². The monoisotopic (exact) mass is 415 g/mol. The Morgan fingerprint density at radius 1 is 1.17 bits per heavy atom. The van der Waals surface area contributed by atoms with E-state index in [2.05, 4.69) is 10.4 Å². The van der Waals surface area contributed by atoms with E-state index in [1.807, 2.05) is 30.3 Å². The van der Waals surface area contributed by atoms with Crippen LogP contribution in [0.1, 0.15) is 28.5 Å². The van der Waals surface area contributed by atoms with Gasteiger partial charge in [0.15, 0.2) is 6.10 Å². The minimum atomic E-state index is -1.08. The van der Waals surface area contributed by atoms with Crippen LogP contribution in [-0.4, -0.2) is 27.8 Å². The number of halogens is 2. The van der Waals surface area contributed by atoms with E-state index in [1.165, 1.54) is 35.9 Å². The van der Waals surface area contributed by atoms with E-state index in [9.17, 15) is 14.0 Å². The molecule has 0 aliphatic heterocycles. The molecule has 0 bridgehead atoms. The summed E-state index contributed by atoms with van der Waals surface area (Å²) < 4.78 is 19.7. The third kappa shape index (κ3) is 5.00. The lowest BCUT2D eigenvalue weighted by Gasteiger charge is -2.13. The molecule has 2 aromatic carbocycles. The molecule has 29 heavy (non-hydrogen) atoms. The van der Waals surface area contributed by atoms with Gasteiger partial charge in [-0.1, -0.05) is 41.9 Å². The second-order valence-corrected chi connectivity index (χ2v) is 6.80. The maximum absolute atomic E-state index is 13.0. The molecule has 0 unspecified atom stereocenters. The number of carbonyl (C=O) groups excluding carboxylic acids is 2. The third-order valence-electron chi connectivity index (χ3n) is 4.21. The average molecular weight is 416 g/mol. The van der Waals surface area contributed by atoms with Gasteiger partial charge in [-0.25, -0.2) is 13.9 Å². The number of anilines is 1. The smallest absolute Gasteiger partial charge is 0.343 e. The van der Waals surface area contributed by atoms with Gasteiger partial charge in [-0.15, -0.1) is 0 Å². The molecule has 6 nitrogen and oxygen atoms in total. The molecule has 1 aromatic heterocycles. The predicted octanol–water partition coefficient (Wildman–Crippen LogP) is 4.22. The van der Waals surface area contributed by atoms with Crippen molar-refractivity contribution in [3.05, 3.63) is 82.4 Å². The zero-order valence-electron chi connectivity index (χ0n) is 15.9.